The number of benzene rings is 1. The fourth-order valence-electron chi connectivity index (χ4n) is 2.71. The standard InChI is InChI=1S/C17H15ClF2N6O/c18-16-15(8-12(9-21-16)25-3-5-27-6-4-25)23-17-22-10-26(24-17)11-1-2-13(19)14(20)7-11/h1-2,7-10H,3-6H2,(H,23,24). The fourth-order valence-corrected chi connectivity index (χ4v) is 2.86. The third kappa shape index (κ3) is 3.83. The number of hydrogen-bond donors (Lipinski definition) is 1. The average molecular weight is 393 g/mol. The summed E-state index contributed by atoms with van der Waals surface area (Å²) < 4.78 is 33.2. The lowest BCUT2D eigenvalue weighted by molar-refractivity contribution is 0.122. The van der Waals surface area contributed by atoms with Gasteiger partial charge in [-0.25, -0.2) is 18.4 Å². The summed E-state index contributed by atoms with van der Waals surface area (Å²) in [7, 11) is 0. The number of anilines is 3. The molecule has 1 fully saturated rings. The van der Waals surface area contributed by atoms with Crippen LogP contribution in [-0.2, 0) is 4.74 Å². The van der Waals surface area contributed by atoms with Crippen molar-refractivity contribution in [2.75, 3.05) is 36.5 Å². The molecule has 3 aromatic rings. The van der Waals surface area contributed by atoms with Gasteiger partial charge in [-0.2, -0.15) is 4.98 Å². The first-order chi connectivity index (χ1) is 13.1. The van der Waals surface area contributed by atoms with Crippen LogP contribution in [0.2, 0.25) is 5.15 Å². The smallest absolute Gasteiger partial charge is 0.247 e. The minimum absolute atomic E-state index is 0.252. The lowest BCUT2D eigenvalue weighted by Crippen LogP contribution is -2.36. The topological polar surface area (TPSA) is 68.1 Å². The Morgan fingerprint density at radius 1 is 1.04 bits per heavy atom. The van der Waals surface area contributed by atoms with E-state index in [2.05, 4.69) is 25.3 Å². The molecule has 7 nitrogen and oxygen atoms in total. The molecule has 0 unspecified atom stereocenters. The van der Waals surface area contributed by atoms with Crippen LogP contribution in [0.15, 0.2) is 36.8 Å². The maximum absolute atomic E-state index is 13.4. The zero-order chi connectivity index (χ0) is 18.8. The molecule has 0 aliphatic carbocycles. The van der Waals surface area contributed by atoms with Gasteiger partial charge < -0.3 is 15.0 Å². The van der Waals surface area contributed by atoms with Crippen molar-refractivity contribution in [1.29, 1.82) is 0 Å². The van der Waals surface area contributed by atoms with Crippen molar-refractivity contribution in [2.45, 2.75) is 0 Å². The highest BCUT2D eigenvalue weighted by Gasteiger charge is 2.15. The second-order valence-corrected chi connectivity index (χ2v) is 6.23. The van der Waals surface area contributed by atoms with Gasteiger partial charge in [0.05, 0.1) is 36.5 Å². The summed E-state index contributed by atoms with van der Waals surface area (Å²) >= 11 is 6.18. The highest BCUT2D eigenvalue weighted by atomic mass is 35.5. The van der Waals surface area contributed by atoms with Gasteiger partial charge in [0, 0.05) is 19.2 Å². The van der Waals surface area contributed by atoms with Crippen molar-refractivity contribution in [1.82, 2.24) is 19.7 Å². The van der Waals surface area contributed by atoms with E-state index in [0.717, 1.165) is 30.9 Å². The number of hydrogen-bond acceptors (Lipinski definition) is 6. The summed E-state index contributed by atoms with van der Waals surface area (Å²) in [6.07, 6.45) is 3.09. The van der Waals surface area contributed by atoms with E-state index in [-0.39, 0.29) is 11.1 Å². The lowest BCUT2D eigenvalue weighted by atomic mass is 10.3. The Bertz CT molecular complexity index is 960. The molecule has 1 aromatic carbocycles. The molecule has 140 valence electrons. The van der Waals surface area contributed by atoms with Gasteiger partial charge in [-0.3, -0.25) is 0 Å². The van der Waals surface area contributed by atoms with Gasteiger partial charge in [0.25, 0.3) is 0 Å². The quantitative estimate of drug-likeness (QED) is 0.688. The van der Waals surface area contributed by atoms with Crippen LogP contribution >= 0.6 is 11.6 Å². The number of nitrogens with zero attached hydrogens (tertiary/aromatic N) is 5. The Labute approximate surface area is 158 Å². The molecule has 0 atom stereocenters. The van der Waals surface area contributed by atoms with E-state index in [4.69, 9.17) is 16.3 Å². The summed E-state index contributed by atoms with van der Waals surface area (Å²) in [5.41, 5.74) is 1.80. The second kappa shape index (κ2) is 7.45. The van der Waals surface area contributed by atoms with Crippen molar-refractivity contribution in [3.8, 4) is 5.69 Å². The zero-order valence-corrected chi connectivity index (χ0v) is 14.8. The van der Waals surface area contributed by atoms with Crippen LogP contribution in [0.4, 0.5) is 26.1 Å². The van der Waals surface area contributed by atoms with Gasteiger partial charge in [0.2, 0.25) is 5.95 Å². The normalized spacial score (nSPS) is 14.4. The molecule has 1 aliphatic rings. The van der Waals surface area contributed by atoms with Crippen molar-refractivity contribution >= 4 is 28.9 Å². The van der Waals surface area contributed by atoms with E-state index in [1.54, 1.807) is 6.20 Å². The maximum Gasteiger partial charge on any atom is 0.247 e. The molecular weight excluding hydrogens is 378 g/mol. The molecule has 1 aliphatic heterocycles. The molecule has 0 radical (unpaired) electrons. The predicted octanol–water partition coefficient (Wildman–Crippen LogP) is 3.17. The first-order valence-electron chi connectivity index (χ1n) is 8.22. The molecule has 27 heavy (non-hydrogen) atoms. The molecule has 4 rings (SSSR count). The molecule has 1 N–H and O–H groups in total. The number of aromatic nitrogens is 4. The van der Waals surface area contributed by atoms with E-state index in [9.17, 15) is 8.78 Å². The van der Waals surface area contributed by atoms with Crippen LogP contribution in [0.3, 0.4) is 0 Å². The number of halogens is 3. The van der Waals surface area contributed by atoms with Gasteiger partial charge >= 0.3 is 0 Å². The lowest BCUT2D eigenvalue weighted by Gasteiger charge is -2.28. The van der Waals surface area contributed by atoms with Crippen molar-refractivity contribution in [3.05, 3.63) is 53.6 Å². The third-order valence-electron chi connectivity index (χ3n) is 4.11. The van der Waals surface area contributed by atoms with Crippen molar-refractivity contribution < 1.29 is 13.5 Å². The van der Waals surface area contributed by atoms with Crippen LogP contribution in [0.5, 0.6) is 0 Å². The second-order valence-electron chi connectivity index (χ2n) is 5.87. The van der Waals surface area contributed by atoms with Crippen LogP contribution in [-0.4, -0.2) is 46.1 Å². The number of pyridine rings is 1. The van der Waals surface area contributed by atoms with E-state index in [1.807, 2.05) is 6.07 Å². The number of rotatable bonds is 4. The highest BCUT2D eigenvalue weighted by Crippen LogP contribution is 2.27. The summed E-state index contributed by atoms with van der Waals surface area (Å²) in [4.78, 5) is 10.5. The minimum Gasteiger partial charge on any atom is -0.378 e. The van der Waals surface area contributed by atoms with Crippen LogP contribution in [0.25, 0.3) is 5.69 Å². The van der Waals surface area contributed by atoms with Crippen LogP contribution < -0.4 is 10.2 Å². The maximum atomic E-state index is 13.4. The molecule has 0 spiro atoms. The number of morpholine rings is 1. The van der Waals surface area contributed by atoms with E-state index < -0.39 is 11.6 Å². The Balaban J connectivity index is 1.55. The van der Waals surface area contributed by atoms with Crippen LogP contribution in [0, 0.1) is 11.6 Å². The molecule has 0 amide bonds. The van der Waals surface area contributed by atoms with E-state index in [1.165, 1.54) is 17.1 Å². The van der Waals surface area contributed by atoms with Gasteiger partial charge in [-0.05, 0) is 18.2 Å². The summed E-state index contributed by atoms with van der Waals surface area (Å²) in [5, 5.41) is 7.49. The van der Waals surface area contributed by atoms with Gasteiger partial charge in [0.1, 0.15) is 6.33 Å². The number of ether oxygens (including phenoxy) is 1. The number of nitrogens with one attached hydrogen (secondary N) is 1. The van der Waals surface area contributed by atoms with Crippen molar-refractivity contribution in [3.63, 3.8) is 0 Å². The zero-order valence-electron chi connectivity index (χ0n) is 14.1. The molecular formula is C17H15ClF2N6O. The first kappa shape index (κ1) is 17.6. The van der Waals surface area contributed by atoms with Gasteiger partial charge in [0.15, 0.2) is 16.8 Å². The summed E-state index contributed by atoms with van der Waals surface area (Å²) in [6.45, 7) is 2.86. The average Bonchev–Trinajstić information content (AvgIpc) is 3.15. The summed E-state index contributed by atoms with van der Waals surface area (Å²) in [5.74, 6) is -1.62. The van der Waals surface area contributed by atoms with E-state index in [0.29, 0.717) is 24.6 Å². The molecule has 3 heterocycles. The minimum atomic E-state index is -0.956. The molecule has 10 heteroatoms. The van der Waals surface area contributed by atoms with Gasteiger partial charge in [-0.15, -0.1) is 5.10 Å². The van der Waals surface area contributed by atoms with Gasteiger partial charge in [-0.1, -0.05) is 11.6 Å². The SMILES string of the molecule is Fc1ccc(-n2cnc(Nc3cc(N4CCOCC4)cnc3Cl)n2)cc1F. The molecule has 0 bridgehead atoms. The monoisotopic (exact) mass is 392 g/mol. The summed E-state index contributed by atoms with van der Waals surface area (Å²) in [6, 6.07) is 5.34. The Morgan fingerprint density at radius 2 is 1.85 bits per heavy atom. The first-order valence-corrected chi connectivity index (χ1v) is 8.60. The Morgan fingerprint density at radius 3 is 2.63 bits per heavy atom. The third-order valence-corrected chi connectivity index (χ3v) is 4.41. The highest BCUT2D eigenvalue weighted by molar-refractivity contribution is 6.32. The Kier molecular flexibility index (Phi) is 4.87. The van der Waals surface area contributed by atoms with E-state index >= 15 is 0 Å². The largest absolute Gasteiger partial charge is 0.378 e. The fraction of sp³-hybridized carbons (Fsp3) is 0.235. The van der Waals surface area contributed by atoms with Crippen molar-refractivity contribution in [2.24, 2.45) is 0 Å². The predicted molar refractivity (Wildman–Crippen MR) is 96.8 cm³/mol. The van der Waals surface area contributed by atoms with Crippen LogP contribution in [0.1, 0.15) is 0 Å². The molecule has 0 saturated carbocycles. The molecule has 2 aromatic heterocycles. The molecule has 1 saturated heterocycles. The Hall–Kier alpha value is -2.78.